The summed E-state index contributed by atoms with van der Waals surface area (Å²) in [5.74, 6) is 0. The molecule has 17 heavy (non-hydrogen) atoms. The van der Waals surface area contributed by atoms with E-state index in [4.69, 9.17) is 5.26 Å². The van der Waals surface area contributed by atoms with Crippen molar-refractivity contribution < 1.29 is 0 Å². The molecule has 2 nitrogen and oxygen atoms in total. The molecule has 0 saturated carbocycles. The Morgan fingerprint density at radius 3 is 2.53 bits per heavy atom. The van der Waals surface area contributed by atoms with E-state index in [9.17, 15) is 0 Å². The molecule has 2 aromatic rings. The van der Waals surface area contributed by atoms with Crippen molar-refractivity contribution in [1.29, 1.82) is 5.26 Å². The van der Waals surface area contributed by atoms with Crippen LogP contribution in [0.25, 0.3) is 11.6 Å². The summed E-state index contributed by atoms with van der Waals surface area (Å²) in [7, 11) is 0. The van der Waals surface area contributed by atoms with Crippen molar-refractivity contribution in [3.05, 3.63) is 51.5 Å². The van der Waals surface area contributed by atoms with Gasteiger partial charge in [-0.25, -0.2) is 4.98 Å². The molecule has 0 fully saturated rings. The summed E-state index contributed by atoms with van der Waals surface area (Å²) in [6.07, 6.45) is 1.87. The zero-order valence-electron chi connectivity index (χ0n) is 9.77. The van der Waals surface area contributed by atoms with Crippen molar-refractivity contribution in [2.45, 2.75) is 13.8 Å². The monoisotopic (exact) mass is 240 g/mol. The summed E-state index contributed by atoms with van der Waals surface area (Å²) in [5.41, 5.74) is 3.81. The SMILES string of the molecule is Cc1ccc(/C=C(/C#N)c2nc(C)cs2)cc1. The van der Waals surface area contributed by atoms with E-state index in [1.54, 1.807) is 0 Å². The Hall–Kier alpha value is -1.92. The van der Waals surface area contributed by atoms with E-state index >= 15 is 0 Å². The number of allylic oxidation sites excluding steroid dienone is 1. The number of nitrogens with zero attached hydrogens (tertiary/aromatic N) is 2. The lowest BCUT2D eigenvalue weighted by Gasteiger charge is -1.96. The number of rotatable bonds is 2. The van der Waals surface area contributed by atoms with Gasteiger partial charge in [-0.3, -0.25) is 0 Å². The Kier molecular flexibility index (Phi) is 3.36. The number of thiazole rings is 1. The smallest absolute Gasteiger partial charge is 0.134 e. The van der Waals surface area contributed by atoms with Crippen molar-refractivity contribution in [2.24, 2.45) is 0 Å². The Morgan fingerprint density at radius 1 is 1.29 bits per heavy atom. The number of benzene rings is 1. The van der Waals surface area contributed by atoms with Crippen molar-refractivity contribution in [2.75, 3.05) is 0 Å². The fourth-order valence-corrected chi connectivity index (χ4v) is 2.21. The minimum Gasteiger partial charge on any atom is -0.241 e. The van der Waals surface area contributed by atoms with Gasteiger partial charge in [0.2, 0.25) is 0 Å². The van der Waals surface area contributed by atoms with E-state index in [0.29, 0.717) is 5.57 Å². The van der Waals surface area contributed by atoms with E-state index < -0.39 is 0 Å². The van der Waals surface area contributed by atoms with Gasteiger partial charge in [-0.2, -0.15) is 5.26 Å². The molecule has 84 valence electrons. The molecule has 0 atom stereocenters. The molecule has 3 heteroatoms. The Bertz CT molecular complexity index is 585. The highest BCUT2D eigenvalue weighted by atomic mass is 32.1. The molecular weight excluding hydrogens is 228 g/mol. The van der Waals surface area contributed by atoms with Gasteiger partial charge in [0.25, 0.3) is 0 Å². The maximum absolute atomic E-state index is 9.15. The number of hydrogen-bond donors (Lipinski definition) is 0. The van der Waals surface area contributed by atoms with E-state index in [-0.39, 0.29) is 0 Å². The predicted molar refractivity (Wildman–Crippen MR) is 71.5 cm³/mol. The summed E-state index contributed by atoms with van der Waals surface area (Å²) in [6, 6.07) is 10.3. The minimum absolute atomic E-state index is 0.618. The topological polar surface area (TPSA) is 36.7 Å². The van der Waals surface area contributed by atoms with Gasteiger partial charge < -0.3 is 0 Å². The van der Waals surface area contributed by atoms with Gasteiger partial charge in [0.1, 0.15) is 11.1 Å². The van der Waals surface area contributed by atoms with Crippen LogP contribution >= 0.6 is 11.3 Å². The zero-order valence-corrected chi connectivity index (χ0v) is 10.6. The van der Waals surface area contributed by atoms with Crippen LogP contribution in [0.2, 0.25) is 0 Å². The van der Waals surface area contributed by atoms with Gasteiger partial charge in [-0.15, -0.1) is 11.3 Å². The van der Waals surface area contributed by atoms with Crippen molar-refractivity contribution in [1.82, 2.24) is 4.98 Å². The van der Waals surface area contributed by atoms with E-state index in [0.717, 1.165) is 16.3 Å². The third-order valence-corrected chi connectivity index (χ3v) is 3.35. The second kappa shape index (κ2) is 4.94. The van der Waals surface area contributed by atoms with E-state index in [2.05, 4.69) is 11.1 Å². The number of aryl methyl sites for hydroxylation is 2. The van der Waals surface area contributed by atoms with Crippen LogP contribution in [0.15, 0.2) is 29.6 Å². The van der Waals surface area contributed by atoms with Crippen molar-refractivity contribution >= 4 is 23.0 Å². The summed E-state index contributed by atoms with van der Waals surface area (Å²) in [4.78, 5) is 4.32. The molecular formula is C14H12N2S. The van der Waals surface area contributed by atoms with Crippen molar-refractivity contribution in [3.63, 3.8) is 0 Å². The standard InChI is InChI=1S/C14H12N2S/c1-10-3-5-12(6-4-10)7-13(8-15)14-16-11(2)9-17-14/h3-7,9H,1-2H3/b13-7-. The first-order valence-electron chi connectivity index (χ1n) is 5.30. The van der Waals surface area contributed by atoms with Gasteiger partial charge in [-0.1, -0.05) is 29.8 Å². The molecule has 1 aromatic heterocycles. The molecule has 0 spiro atoms. The molecule has 0 unspecified atom stereocenters. The quantitative estimate of drug-likeness (QED) is 0.748. The van der Waals surface area contributed by atoms with Crippen LogP contribution in [0.5, 0.6) is 0 Å². The molecule has 0 aliphatic rings. The van der Waals surface area contributed by atoms with Crippen LogP contribution in [0, 0.1) is 25.2 Å². The van der Waals surface area contributed by atoms with Crippen LogP contribution in [-0.2, 0) is 0 Å². The molecule has 0 N–H and O–H groups in total. The molecule has 1 aromatic carbocycles. The maximum atomic E-state index is 9.15. The minimum atomic E-state index is 0.618. The fourth-order valence-electron chi connectivity index (χ4n) is 1.45. The Morgan fingerprint density at radius 2 is 2.00 bits per heavy atom. The van der Waals surface area contributed by atoms with Gasteiger partial charge in [-0.05, 0) is 25.5 Å². The third-order valence-electron chi connectivity index (χ3n) is 2.36. The first kappa shape index (κ1) is 11.6. The van der Waals surface area contributed by atoms with Crippen LogP contribution < -0.4 is 0 Å². The predicted octanol–water partition coefficient (Wildman–Crippen LogP) is 3.82. The maximum Gasteiger partial charge on any atom is 0.134 e. The van der Waals surface area contributed by atoms with Crippen LogP contribution in [0.3, 0.4) is 0 Å². The summed E-state index contributed by atoms with van der Waals surface area (Å²) >= 11 is 1.50. The number of nitriles is 1. The van der Waals surface area contributed by atoms with Gasteiger partial charge in [0.05, 0.1) is 5.57 Å². The highest BCUT2D eigenvalue weighted by Crippen LogP contribution is 2.21. The van der Waals surface area contributed by atoms with Gasteiger partial charge in [0, 0.05) is 11.1 Å². The molecule has 2 rings (SSSR count). The molecule has 0 saturated heterocycles. The van der Waals surface area contributed by atoms with Crippen LogP contribution in [0.4, 0.5) is 0 Å². The molecule has 0 radical (unpaired) electrons. The van der Waals surface area contributed by atoms with E-state index in [1.165, 1.54) is 16.9 Å². The third kappa shape index (κ3) is 2.80. The number of aromatic nitrogens is 1. The van der Waals surface area contributed by atoms with Crippen LogP contribution in [0.1, 0.15) is 21.8 Å². The molecule has 1 heterocycles. The second-order valence-corrected chi connectivity index (χ2v) is 4.73. The molecule has 0 aliphatic heterocycles. The first-order chi connectivity index (χ1) is 8.19. The first-order valence-corrected chi connectivity index (χ1v) is 6.18. The molecule has 0 aliphatic carbocycles. The Balaban J connectivity index is 2.36. The largest absolute Gasteiger partial charge is 0.241 e. The second-order valence-electron chi connectivity index (χ2n) is 3.87. The van der Waals surface area contributed by atoms with Crippen LogP contribution in [-0.4, -0.2) is 4.98 Å². The average molecular weight is 240 g/mol. The van der Waals surface area contributed by atoms with E-state index in [1.807, 2.05) is 49.6 Å². The summed E-state index contributed by atoms with van der Waals surface area (Å²) in [6.45, 7) is 3.98. The summed E-state index contributed by atoms with van der Waals surface area (Å²) < 4.78 is 0. The molecule has 0 amide bonds. The van der Waals surface area contributed by atoms with Crippen molar-refractivity contribution in [3.8, 4) is 6.07 Å². The van der Waals surface area contributed by atoms with Gasteiger partial charge >= 0.3 is 0 Å². The lowest BCUT2D eigenvalue weighted by molar-refractivity contribution is 1.25. The molecule has 0 bridgehead atoms. The highest BCUT2D eigenvalue weighted by molar-refractivity contribution is 7.11. The lowest BCUT2D eigenvalue weighted by atomic mass is 10.1. The summed E-state index contributed by atoms with van der Waals surface area (Å²) in [5, 5.41) is 11.9. The fraction of sp³-hybridized carbons (Fsp3) is 0.143. The zero-order chi connectivity index (χ0) is 12.3. The average Bonchev–Trinajstić information content (AvgIpc) is 2.75. The number of hydrogen-bond acceptors (Lipinski definition) is 3. The van der Waals surface area contributed by atoms with Gasteiger partial charge in [0.15, 0.2) is 0 Å². The highest BCUT2D eigenvalue weighted by Gasteiger charge is 2.05. The normalized spacial score (nSPS) is 11.2. The Labute approximate surface area is 105 Å². The lowest BCUT2D eigenvalue weighted by Crippen LogP contribution is -1.81.